The summed E-state index contributed by atoms with van der Waals surface area (Å²) in [5.41, 5.74) is 0.945. The van der Waals surface area contributed by atoms with Crippen LogP contribution in [0.2, 0.25) is 0 Å². The average Bonchev–Trinajstić information content (AvgIpc) is 2.87. The van der Waals surface area contributed by atoms with E-state index in [0.29, 0.717) is 37.2 Å². The summed E-state index contributed by atoms with van der Waals surface area (Å²) in [5.74, 6) is -0.918. The van der Waals surface area contributed by atoms with Crippen molar-refractivity contribution in [1.29, 1.82) is 0 Å². The van der Waals surface area contributed by atoms with Crippen LogP contribution < -0.4 is 5.56 Å². The highest BCUT2D eigenvalue weighted by Crippen LogP contribution is 2.37. The summed E-state index contributed by atoms with van der Waals surface area (Å²) in [6, 6.07) is -0.255. The second-order valence-electron chi connectivity index (χ2n) is 7.54. The maximum absolute atomic E-state index is 12.6. The molecule has 0 saturated carbocycles. The molecule has 2 saturated heterocycles. The Morgan fingerprint density at radius 1 is 1.07 bits per heavy atom. The number of imide groups is 1. The lowest BCUT2D eigenvalue weighted by Gasteiger charge is -2.43. The van der Waals surface area contributed by atoms with Gasteiger partial charge in [0.25, 0.3) is 5.56 Å². The number of hydrogen-bond acceptors (Lipinski definition) is 5. The van der Waals surface area contributed by atoms with Crippen molar-refractivity contribution in [2.24, 2.45) is 11.8 Å². The highest BCUT2D eigenvalue weighted by atomic mass is 16.2. The van der Waals surface area contributed by atoms with Gasteiger partial charge in [-0.3, -0.25) is 28.6 Å². The topological polar surface area (TPSA) is 92.6 Å². The van der Waals surface area contributed by atoms with Crippen LogP contribution in [0.4, 0.5) is 0 Å². The number of nitrogens with zero attached hydrogens (tertiary/aromatic N) is 4. The highest BCUT2D eigenvalue weighted by molar-refractivity contribution is 6.06. The number of hydrogen-bond donors (Lipinski definition) is 0. The highest BCUT2D eigenvalue weighted by Gasteiger charge is 2.52. The van der Waals surface area contributed by atoms with E-state index in [2.05, 4.69) is 4.98 Å². The smallest absolute Gasteiger partial charge is 0.256 e. The summed E-state index contributed by atoms with van der Waals surface area (Å²) in [4.78, 5) is 56.9. The van der Waals surface area contributed by atoms with Crippen molar-refractivity contribution in [1.82, 2.24) is 19.4 Å². The standard InChI is InChI=1S/C19H22N4O4/c1-11-12(2)20-10-22(17(11)25)9-16(24)21-7-13(8-21)23-18(26)14-5-3-4-6-15(14)19(23)27/h3-4,10,13-15H,5-9H2,1-2H3. The zero-order valence-corrected chi connectivity index (χ0v) is 15.4. The first-order chi connectivity index (χ1) is 12.9. The molecule has 8 nitrogen and oxygen atoms in total. The van der Waals surface area contributed by atoms with Crippen LogP contribution in [0, 0.1) is 25.7 Å². The first-order valence-electron chi connectivity index (χ1n) is 9.20. The van der Waals surface area contributed by atoms with Gasteiger partial charge >= 0.3 is 0 Å². The number of rotatable bonds is 3. The minimum atomic E-state index is -0.255. The van der Waals surface area contributed by atoms with Crippen molar-refractivity contribution in [2.75, 3.05) is 13.1 Å². The van der Waals surface area contributed by atoms with E-state index in [9.17, 15) is 19.2 Å². The number of carbonyl (C=O) groups is 3. The van der Waals surface area contributed by atoms with Crippen LogP contribution in [0.15, 0.2) is 23.3 Å². The van der Waals surface area contributed by atoms with Crippen molar-refractivity contribution in [3.05, 3.63) is 40.1 Å². The van der Waals surface area contributed by atoms with E-state index < -0.39 is 0 Å². The molecule has 0 N–H and O–H groups in total. The summed E-state index contributed by atoms with van der Waals surface area (Å²) < 4.78 is 1.30. The van der Waals surface area contributed by atoms with Gasteiger partial charge < -0.3 is 4.90 Å². The Bertz CT molecular complexity index is 887. The quantitative estimate of drug-likeness (QED) is 0.553. The molecule has 8 heteroatoms. The third-order valence-corrected chi connectivity index (χ3v) is 5.94. The van der Waals surface area contributed by atoms with E-state index in [0.717, 1.165) is 0 Å². The van der Waals surface area contributed by atoms with Crippen molar-refractivity contribution in [3.8, 4) is 0 Å². The van der Waals surface area contributed by atoms with Crippen LogP contribution in [-0.2, 0) is 20.9 Å². The monoisotopic (exact) mass is 370 g/mol. The number of allylic oxidation sites excluding steroid dienone is 2. The Labute approximate surface area is 156 Å². The molecule has 0 bridgehead atoms. The third kappa shape index (κ3) is 2.79. The van der Waals surface area contributed by atoms with E-state index in [1.165, 1.54) is 15.8 Å². The molecular formula is C19H22N4O4. The van der Waals surface area contributed by atoms with Gasteiger partial charge in [-0.25, -0.2) is 4.98 Å². The summed E-state index contributed by atoms with van der Waals surface area (Å²) in [6.45, 7) is 4.01. The van der Waals surface area contributed by atoms with Gasteiger partial charge in [0.15, 0.2) is 0 Å². The van der Waals surface area contributed by atoms with Crippen molar-refractivity contribution in [3.63, 3.8) is 0 Å². The lowest BCUT2D eigenvalue weighted by atomic mass is 9.85. The van der Waals surface area contributed by atoms with Crippen molar-refractivity contribution >= 4 is 17.7 Å². The minimum absolute atomic E-state index is 0.0866. The molecule has 2 fully saturated rings. The van der Waals surface area contributed by atoms with Crippen LogP contribution in [-0.4, -0.2) is 56.2 Å². The van der Waals surface area contributed by atoms with E-state index in [-0.39, 0.29) is 47.7 Å². The molecule has 3 heterocycles. The maximum Gasteiger partial charge on any atom is 0.256 e. The molecule has 4 rings (SSSR count). The number of carbonyl (C=O) groups excluding carboxylic acids is 3. The van der Waals surface area contributed by atoms with Crippen LogP contribution >= 0.6 is 0 Å². The SMILES string of the molecule is Cc1ncn(CC(=O)N2CC(N3C(=O)C4CC=CCC4C3=O)C2)c(=O)c1C. The van der Waals surface area contributed by atoms with E-state index in [1.807, 2.05) is 12.2 Å². The Morgan fingerprint density at radius 3 is 2.26 bits per heavy atom. The lowest BCUT2D eigenvalue weighted by molar-refractivity contribution is -0.153. The predicted molar refractivity (Wildman–Crippen MR) is 95.5 cm³/mol. The minimum Gasteiger partial charge on any atom is -0.337 e. The second-order valence-corrected chi connectivity index (χ2v) is 7.54. The van der Waals surface area contributed by atoms with Gasteiger partial charge in [-0.1, -0.05) is 12.2 Å². The molecule has 27 heavy (non-hydrogen) atoms. The first-order valence-corrected chi connectivity index (χ1v) is 9.20. The van der Waals surface area contributed by atoms with Gasteiger partial charge in [-0.15, -0.1) is 0 Å². The molecule has 0 aromatic carbocycles. The van der Waals surface area contributed by atoms with E-state index in [4.69, 9.17) is 0 Å². The summed E-state index contributed by atoms with van der Waals surface area (Å²) in [7, 11) is 0. The zero-order chi connectivity index (χ0) is 19.3. The average molecular weight is 370 g/mol. The number of fused-ring (bicyclic) bond motifs is 1. The molecule has 2 aliphatic heterocycles. The van der Waals surface area contributed by atoms with Gasteiger partial charge in [0.1, 0.15) is 6.54 Å². The van der Waals surface area contributed by atoms with Crippen molar-refractivity contribution < 1.29 is 14.4 Å². The van der Waals surface area contributed by atoms with Crippen LogP contribution in [0.3, 0.4) is 0 Å². The molecule has 1 aromatic rings. The first kappa shape index (κ1) is 17.6. The summed E-state index contributed by atoms with van der Waals surface area (Å²) >= 11 is 0. The molecule has 0 radical (unpaired) electrons. The van der Waals surface area contributed by atoms with Crippen LogP contribution in [0.1, 0.15) is 24.1 Å². The van der Waals surface area contributed by atoms with Crippen molar-refractivity contribution in [2.45, 2.75) is 39.3 Å². The molecule has 3 aliphatic rings. The second kappa shape index (κ2) is 6.44. The third-order valence-electron chi connectivity index (χ3n) is 5.94. The Hall–Kier alpha value is -2.77. The fraction of sp³-hybridized carbons (Fsp3) is 0.526. The zero-order valence-electron chi connectivity index (χ0n) is 15.4. The van der Waals surface area contributed by atoms with E-state index >= 15 is 0 Å². The number of amides is 3. The predicted octanol–water partition coefficient (Wildman–Crippen LogP) is 0.0221. The molecule has 3 amide bonds. The Balaban J connectivity index is 1.39. The molecular weight excluding hydrogens is 348 g/mol. The normalized spacial score (nSPS) is 25.0. The summed E-state index contributed by atoms with van der Waals surface area (Å²) in [5, 5.41) is 0. The van der Waals surface area contributed by atoms with Gasteiger partial charge in [0.2, 0.25) is 17.7 Å². The largest absolute Gasteiger partial charge is 0.337 e. The molecule has 142 valence electrons. The molecule has 2 unspecified atom stereocenters. The number of aryl methyl sites for hydroxylation is 1. The van der Waals surface area contributed by atoms with Gasteiger partial charge in [-0.2, -0.15) is 0 Å². The van der Waals surface area contributed by atoms with Gasteiger partial charge in [0.05, 0.1) is 24.2 Å². The fourth-order valence-electron chi connectivity index (χ4n) is 4.04. The van der Waals surface area contributed by atoms with Gasteiger partial charge in [0, 0.05) is 24.3 Å². The Kier molecular flexibility index (Phi) is 4.20. The molecule has 1 aliphatic carbocycles. The van der Waals surface area contributed by atoms with E-state index in [1.54, 1.807) is 18.7 Å². The van der Waals surface area contributed by atoms with Gasteiger partial charge in [-0.05, 0) is 26.7 Å². The van der Waals surface area contributed by atoms with Crippen LogP contribution in [0.25, 0.3) is 0 Å². The fourth-order valence-corrected chi connectivity index (χ4v) is 4.04. The number of likely N-dealkylation sites (tertiary alicyclic amines) is 2. The lowest BCUT2D eigenvalue weighted by Crippen LogP contribution is -2.63. The Morgan fingerprint density at radius 2 is 1.67 bits per heavy atom. The summed E-state index contributed by atoms with van der Waals surface area (Å²) in [6.07, 6.45) is 6.53. The molecule has 0 spiro atoms. The van der Waals surface area contributed by atoms with Crippen LogP contribution in [0.5, 0.6) is 0 Å². The molecule has 1 aromatic heterocycles. The number of aromatic nitrogens is 2. The molecule has 2 atom stereocenters. The maximum atomic E-state index is 12.6.